The van der Waals surface area contributed by atoms with Crippen molar-refractivity contribution in [2.75, 3.05) is 0 Å². The maximum Gasteiger partial charge on any atom is 0.249 e. The Bertz CT molecular complexity index is 1570. The largest absolute Gasteiger partial charge is 0.366 e. The molecule has 34 heavy (non-hydrogen) atoms. The molecule has 4 aromatic carbocycles. The number of carbonyl (C=O) groups is 1. The van der Waals surface area contributed by atoms with E-state index in [4.69, 9.17) is 28.9 Å². The smallest absolute Gasteiger partial charge is 0.249 e. The Morgan fingerprint density at radius 2 is 1.50 bits per heavy atom. The number of hydrogen-bond acceptors (Lipinski definition) is 1. The van der Waals surface area contributed by atoms with Gasteiger partial charge in [-0.2, -0.15) is 0 Å². The van der Waals surface area contributed by atoms with E-state index in [9.17, 15) is 4.79 Å². The average Bonchev–Trinajstić information content (AvgIpc) is 3.09. The van der Waals surface area contributed by atoms with Crippen molar-refractivity contribution < 1.29 is 4.79 Å². The number of carbonyl (C=O) groups excluding carboxylic acids is 1. The number of benzene rings is 4. The lowest BCUT2D eigenvalue weighted by atomic mass is 9.99. The van der Waals surface area contributed by atoms with Crippen LogP contribution < -0.4 is 5.73 Å². The SMILES string of the molecule is Cc1cc(C)c(Cn2c3cc(-c4c(Cl)cccc4Cl)ccc3c3c(C(N)=O)cccc32)c(C)c1. The minimum absolute atomic E-state index is 0.439. The maximum absolute atomic E-state index is 12.3. The molecule has 0 aliphatic heterocycles. The number of hydrogen-bond donors (Lipinski definition) is 1. The zero-order chi connectivity index (χ0) is 24.1. The molecule has 1 aromatic heterocycles. The van der Waals surface area contributed by atoms with Crippen LogP contribution in [0.15, 0.2) is 66.7 Å². The molecule has 3 nitrogen and oxygen atoms in total. The molecule has 2 N–H and O–H groups in total. The highest BCUT2D eigenvalue weighted by Gasteiger charge is 2.19. The predicted octanol–water partition coefficient (Wildman–Crippen LogP) is 7.84. The Hall–Kier alpha value is -3.27. The molecule has 0 saturated carbocycles. The van der Waals surface area contributed by atoms with E-state index >= 15 is 0 Å². The number of primary amides is 1. The van der Waals surface area contributed by atoms with E-state index in [1.54, 1.807) is 6.07 Å². The molecule has 0 unspecified atom stereocenters. The molecule has 170 valence electrons. The molecule has 0 atom stereocenters. The van der Waals surface area contributed by atoms with E-state index in [0.717, 1.165) is 32.9 Å². The highest BCUT2D eigenvalue weighted by atomic mass is 35.5. The zero-order valence-corrected chi connectivity index (χ0v) is 20.8. The topological polar surface area (TPSA) is 48.0 Å². The second-order valence-electron chi connectivity index (χ2n) is 8.86. The number of aromatic nitrogens is 1. The van der Waals surface area contributed by atoms with Crippen molar-refractivity contribution in [2.24, 2.45) is 5.73 Å². The zero-order valence-electron chi connectivity index (χ0n) is 19.2. The number of rotatable bonds is 4. The second kappa shape index (κ2) is 8.50. The molecule has 5 aromatic rings. The highest BCUT2D eigenvalue weighted by Crippen LogP contribution is 2.39. The molecule has 1 amide bonds. The molecule has 0 spiro atoms. The van der Waals surface area contributed by atoms with Gasteiger partial charge in [0.2, 0.25) is 5.91 Å². The standard InChI is InChI=1S/C29H24Cl2N2O/c1-16-12-17(2)22(18(3)13-16)15-33-25-9-4-6-21(29(32)34)28(25)20-11-10-19(14-26(20)33)27-23(30)7-5-8-24(27)31/h4-14H,15H2,1-3H3,(H2,32,34). The molecular formula is C29H24Cl2N2O. The Balaban J connectivity index is 1.85. The number of amides is 1. The second-order valence-corrected chi connectivity index (χ2v) is 9.67. The van der Waals surface area contributed by atoms with Crippen LogP contribution in [-0.4, -0.2) is 10.5 Å². The summed E-state index contributed by atoms with van der Waals surface area (Å²) in [5, 5.41) is 3.03. The minimum Gasteiger partial charge on any atom is -0.366 e. The number of nitrogens with two attached hydrogens (primary N) is 1. The van der Waals surface area contributed by atoms with Crippen molar-refractivity contribution in [1.82, 2.24) is 4.57 Å². The molecular weight excluding hydrogens is 463 g/mol. The summed E-state index contributed by atoms with van der Waals surface area (Å²) in [7, 11) is 0. The van der Waals surface area contributed by atoms with Gasteiger partial charge in [0.05, 0.1) is 11.0 Å². The van der Waals surface area contributed by atoms with Gasteiger partial charge in [-0.25, -0.2) is 0 Å². The summed E-state index contributed by atoms with van der Waals surface area (Å²) in [4.78, 5) is 12.3. The third-order valence-corrected chi connectivity index (χ3v) is 7.19. The van der Waals surface area contributed by atoms with Gasteiger partial charge < -0.3 is 10.3 Å². The van der Waals surface area contributed by atoms with Gasteiger partial charge in [-0.15, -0.1) is 0 Å². The number of halogens is 2. The maximum atomic E-state index is 12.3. The van der Waals surface area contributed by atoms with Gasteiger partial charge >= 0.3 is 0 Å². The Labute approximate surface area is 208 Å². The molecule has 0 radical (unpaired) electrons. The van der Waals surface area contributed by atoms with Crippen LogP contribution >= 0.6 is 23.2 Å². The molecule has 0 fully saturated rings. The lowest BCUT2D eigenvalue weighted by Gasteiger charge is -2.15. The van der Waals surface area contributed by atoms with Crippen LogP contribution in [0.3, 0.4) is 0 Å². The van der Waals surface area contributed by atoms with Gasteiger partial charge in [0.15, 0.2) is 0 Å². The summed E-state index contributed by atoms with van der Waals surface area (Å²) < 4.78 is 2.26. The van der Waals surface area contributed by atoms with Crippen LogP contribution in [-0.2, 0) is 6.54 Å². The summed E-state index contributed by atoms with van der Waals surface area (Å²) in [5.74, 6) is -0.439. The first-order chi connectivity index (χ1) is 16.3. The van der Waals surface area contributed by atoms with Gasteiger partial charge in [-0.1, -0.05) is 65.2 Å². The van der Waals surface area contributed by atoms with E-state index in [1.165, 1.54) is 22.3 Å². The van der Waals surface area contributed by atoms with Crippen molar-refractivity contribution in [1.29, 1.82) is 0 Å². The van der Waals surface area contributed by atoms with Crippen LogP contribution in [0, 0.1) is 20.8 Å². The number of nitrogens with zero attached hydrogens (tertiary/aromatic N) is 1. The fourth-order valence-electron chi connectivity index (χ4n) is 5.07. The van der Waals surface area contributed by atoms with E-state index in [-0.39, 0.29) is 0 Å². The van der Waals surface area contributed by atoms with Gasteiger partial charge in [-0.05, 0) is 73.4 Å². The van der Waals surface area contributed by atoms with Gasteiger partial charge in [0.1, 0.15) is 0 Å². The van der Waals surface area contributed by atoms with Crippen molar-refractivity contribution in [3.05, 3.63) is 105 Å². The van der Waals surface area contributed by atoms with E-state index in [2.05, 4.69) is 43.5 Å². The quantitative estimate of drug-likeness (QED) is 0.276. The normalized spacial score (nSPS) is 11.4. The summed E-state index contributed by atoms with van der Waals surface area (Å²) in [5.41, 5.74) is 15.0. The fraction of sp³-hybridized carbons (Fsp3) is 0.138. The third kappa shape index (κ3) is 3.66. The predicted molar refractivity (Wildman–Crippen MR) is 143 cm³/mol. The van der Waals surface area contributed by atoms with Crippen molar-refractivity contribution in [3.8, 4) is 11.1 Å². The fourth-order valence-corrected chi connectivity index (χ4v) is 5.68. The van der Waals surface area contributed by atoms with Crippen molar-refractivity contribution in [3.63, 3.8) is 0 Å². The lowest BCUT2D eigenvalue weighted by Crippen LogP contribution is -2.11. The van der Waals surface area contributed by atoms with E-state index in [1.807, 2.05) is 42.5 Å². The van der Waals surface area contributed by atoms with Crippen molar-refractivity contribution >= 4 is 50.9 Å². The first-order valence-electron chi connectivity index (χ1n) is 11.1. The molecule has 5 heteroatoms. The monoisotopic (exact) mass is 486 g/mol. The van der Waals surface area contributed by atoms with Gasteiger partial charge in [0, 0.05) is 38.5 Å². The first kappa shape index (κ1) is 22.5. The van der Waals surface area contributed by atoms with Crippen molar-refractivity contribution in [2.45, 2.75) is 27.3 Å². The molecule has 0 aliphatic carbocycles. The lowest BCUT2D eigenvalue weighted by molar-refractivity contribution is 0.100. The Kier molecular flexibility index (Phi) is 5.63. The first-order valence-corrected chi connectivity index (χ1v) is 11.9. The molecule has 0 saturated heterocycles. The summed E-state index contributed by atoms with van der Waals surface area (Å²) in [6, 6.07) is 21.8. The van der Waals surface area contributed by atoms with Crippen LogP contribution in [0.4, 0.5) is 0 Å². The Morgan fingerprint density at radius 3 is 2.15 bits per heavy atom. The molecule has 0 aliphatic rings. The summed E-state index contributed by atoms with van der Waals surface area (Å²) in [6.07, 6.45) is 0. The van der Waals surface area contributed by atoms with Crippen LogP contribution in [0.1, 0.15) is 32.6 Å². The van der Waals surface area contributed by atoms with Gasteiger partial charge in [0.25, 0.3) is 0 Å². The van der Waals surface area contributed by atoms with Gasteiger partial charge in [-0.3, -0.25) is 4.79 Å². The summed E-state index contributed by atoms with van der Waals surface area (Å²) >= 11 is 13.1. The third-order valence-electron chi connectivity index (χ3n) is 6.56. The highest BCUT2D eigenvalue weighted by molar-refractivity contribution is 6.39. The van der Waals surface area contributed by atoms with Crippen LogP contribution in [0.25, 0.3) is 32.9 Å². The molecule has 5 rings (SSSR count). The Morgan fingerprint density at radius 1 is 0.853 bits per heavy atom. The van der Waals surface area contributed by atoms with Crippen LogP contribution in [0.5, 0.6) is 0 Å². The molecule has 1 heterocycles. The number of fused-ring (bicyclic) bond motifs is 3. The van der Waals surface area contributed by atoms with E-state index < -0.39 is 5.91 Å². The van der Waals surface area contributed by atoms with E-state index in [0.29, 0.717) is 22.2 Å². The summed E-state index contributed by atoms with van der Waals surface area (Å²) in [6.45, 7) is 7.07. The average molecular weight is 487 g/mol. The van der Waals surface area contributed by atoms with Crippen LogP contribution in [0.2, 0.25) is 10.0 Å². The molecule has 0 bridgehead atoms. The minimum atomic E-state index is -0.439. The number of aryl methyl sites for hydroxylation is 3.